The first kappa shape index (κ1) is 15.6. The molecule has 2 rings (SSSR count). The van der Waals surface area contributed by atoms with Gasteiger partial charge in [0.25, 0.3) is 0 Å². The van der Waals surface area contributed by atoms with Crippen LogP contribution in [0.3, 0.4) is 0 Å². The van der Waals surface area contributed by atoms with Crippen LogP contribution in [0.4, 0.5) is 0 Å². The van der Waals surface area contributed by atoms with Gasteiger partial charge in [0.1, 0.15) is 12.4 Å². The van der Waals surface area contributed by atoms with Crippen LogP contribution in [0.1, 0.15) is 11.1 Å². The molecule has 110 valence electrons. The highest BCUT2D eigenvalue weighted by Crippen LogP contribution is 2.26. The third-order valence-electron chi connectivity index (χ3n) is 2.85. The molecule has 0 saturated heterocycles. The van der Waals surface area contributed by atoms with Crippen LogP contribution in [0.5, 0.6) is 5.75 Å². The molecule has 0 saturated carbocycles. The molecule has 0 fully saturated rings. The van der Waals surface area contributed by atoms with E-state index in [1.807, 2.05) is 24.3 Å². The summed E-state index contributed by atoms with van der Waals surface area (Å²) in [6, 6.07) is 12.6. The molecule has 6 heteroatoms. The van der Waals surface area contributed by atoms with E-state index in [4.69, 9.17) is 33.8 Å². The van der Waals surface area contributed by atoms with Crippen LogP contribution in [0.25, 0.3) is 0 Å². The number of halogens is 2. The van der Waals surface area contributed by atoms with Crippen molar-refractivity contribution in [3.8, 4) is 5.75 Å². The number of nitrogens with two attached hydrogens (primary N) is 1. The zero-order chi connectivity index (χ0) is 15.2. The minimum atomic E-state index is -0.227. The maximum Gasteiger partial charge on any atom is 0.238 e. The number of carbonyl (C=O) groups excluding carboxylic acids is 1. The summed E-state index contributed by atoms with van der Waals surface area (Å²) in [5, 5.41) is 0.948. The van der Waals surface area contributed by atoms with Gasteiger partial charge in [0.2, 0.25) is 5.91 Å². The molecule has 3 N–H and O–H groups in total. The van der Waals surface area contributed by atoms with E-state index in [0.29, 0.717) is 22.4 Å². The molecule has 0 bridgehead atoms. The molecule has 0 heterocycles. The molecular weight excluding hydrogens is 311 g/mol. The Labute approximate surface area is 132 Å². The van der Waals surface area contributed by atoms with Gasteiger partial charge in [-0.05, 0) is 23.3 Å². The first-order valence-electron chi connectivity index (χ1n) is 6.23. The van der Waals surface area contributed by atoms with E-state index in [1.54, 1.807) is 18.2 Å². The predicted octanol–water partition coefficient (Wildman–Crippen LogP) is 3.10. The van der Waals surface area contributed by atoms with Gasteiger partial charge in [0, 0.05) is 6.07 Å². The fourth-order valence-corrected chi connectivity index (χ4v) is 2.01. The summed E-state index contributed by atoms with van der Waals surface area (Å²) in [6.45, 7) is 0.404. The van der Waals surface area contributed by atoms with Gasteiger partial charge in [0.15, 0.2) is 0 Å². The smallest absolute Gasteiger partial charge is 0.238 e. The van der Waals surface area contributed by atoms with E-state index in [1.165, 1.54) is 0 Å². The summed E-state index contributed by atoms with van der Waals surface area (Å²) in [6.07, 6.45) is 0.254. The van der Waals surface area contributed by atoms with Crippen LogP contribution >= 0.6 is 23.2 Å². The first-order valence-corrected chi connectivity index (χ1v) is 6.99. The fourth-order valence-electron chi connectivity index (χ4n) is 1.72. The SMILES string of the molecule is NNC(=O)Cc1ccc(COc2ccc(Cl)c(Cl)c2)cc1. The minimum absolute atomic E-state index is 0.227. The number of hydrazine groups is 1. The second-order valence-electron chi connectivity index (χ2n) is 4.43. The number of hydrogen-bond donors (Lipinski definition) is 2. The molecule has 21 heavy (non-hydrogen) atoms. The van der Waals surface area contributed by atoms with Crippen LogP contribution in [0, 0.1) is 0 Å². The molecule has 0 aliphatic carbocycles. The first-order chi connectivity index (χ1) is 10.1. The van der Waals surface area contributed by atoms with E-state index in [0.717, 1.165) is 11.1 Å². The predicted molar refractivity (Wildman–Crippen MR) is 83.3 cm³/mol. The number of benzene rings is 2. The van der Waals surface area contributed by atoms with Gasteiger partial charge in [-0.25, -0.2) is 5.84 Å². The highest BCUT2D eigenvalue weighted by molar-refractivity contribution is 6.42. The van der Waals surface area contributed by atoms with Crippen molar-refractivity contribution >= 4 is 29.1 Å². The van der Waals surface area contributed by atoms with E-state index in [-0.39, 0.29) is 12.3 Å². The Morgan fingerprint density at radius 3 is 2.33 bits per heavy atom. The molecule has 0 radical (unpaired) electrons. The maximum absolute atomic E-state index is 11.2. The molecule has 0 aliphatic heterocycles. The average molecular weight is 325 g/mol. The average Bonchev–Trinajstić information content (AvgIpc) is 2.50. The minimum Gasteiger partial charge on any atom is -0.489 e. The Bertz CT molecular complexity index is 630. The standard InChI is InChI=1S/C15H14Cl2N2O2/c16-13-6-5-12(8-14(13)17)21-9-11-3-1-10(2-4-11)7-15(20)19-18/h1-6,8H,7,9,18H2,(H,19,20). The lowest BCUT2D eigenvalue weighted by molar-refractivity contribution is -0.120. The highest BCUT2D eigenvalue weighted by Gasteiger charge is 2.03. The van der Waals surface area contributed by atoms with Crippen molar-refractivity contribution < 1.29 is 9.53 Å². The largest absolute Gasteiger partial charge is 0.489 e. The van der Waals surface area contributed by atoms with Gasteiger partial charge in [-0.2, -0.15) is 0 Å². The molecule has 0 aromatic heterocycles. The van der Waals surface area contributed by atoms with Crippen LogP contribution in [0.15, 0.2) is 42.5 Å². The van der Waals surface area contributed by atoms with E-state index in [2.05, 4.69) is 5.43 Å². The van der Waals surface area contributed by atoms with Crippen LogP contribution in [0.2, 0.25) is 10.0 Å². The van der Waals surface area contributed by atoms with Gasteiger partial charge in [0.05, 0.1) is 16.5 Å². The summed E-state index contributed by atoms with van der Waals surface area (Å²) in [4.78, 5) is 11.2. The topological polar surface area (TPSA) is 64.3 Å². The van der Waals surface area contributed by atoms with Crippen molar-refractivity contribution in [2.75, 3.05) is 0 Å². The van der Waals surface area contributed by atoms with Gasteiger partial charge >= 0.3 is 0 Å². The number of rotatable bonds is 5. The third-order valence-corrected chi connectivity index (χ3v) is 3.58. The van der Waals surface area contributed by atoms with Crippen LogP contribution < -0.4 is 16.0 Å². The normalized spacial score (nSPS) is 10.2. The van der Waals surface area contributed by atoms with Crippen molar-refractivity contribution in [1.82, 2.24) is 5.43 Å². The molecule has 0 spiro atoms. The lowest BCUT2D eigenvalue weighted by Crippen LogP contribution is -2.31. The molecule has 0 atom stereocenters. The summed E-state index contributed by atoms with van der Waals surface area (Å²) in [5.74, 6) is 5.47. The van der Waals surface area contributed by atoms with Crippen LogP contribution in [-0.4, -0.2) is 5.91 Å². The van der Waals surface area contributed by atoms with Crippen molar-refractivity contribution in [3.05, 3.63) is 63.6 Å². The lowest BCUT2D eigenvalue weighted by atomic mass is 10.1. The van der Waals surface area contributed by atoms with Gasteiger partial charge in [-0.3, -0.25) is 10.2 Å². The van der Waals surface area contributed by atoms with E-state index >= 15 is 0 Å². The second-order valence-corrected chi connectivity index (χ2v) is 5.24. The summed E-state index contributed by atoms with van der Waals surface area (Å²) >= 11 is 11.8. The Morgan fingerprint density at radius 1 is 1.05 bits per heavy atom. The zero-order valence-corrected chi connectivity index (χ0v) is 12.6. The molecule has 0 unspecified atom stereocenters. The Kier molecular flexibility index (Phi) is 5.44. The maximum atomic E-state index is 11.2. The Hall–Kier alpha value is -1.75. The third kappa shape index (κ3) is 4.63. The number of carbonyl (C=O) groups is 1. The molecule has 2 aromatic carbocycles. The monoisotopic (exact) mass is 324 g/mol. The van der Waals surface area contributed by atoms with E-state index < -0.39 is 0 Å². The fraction of sp³-hybridized carbons (Fsp3) is 0.133. The molecular formula is C15H14Cl2N2O2. The van der Waals surface area contributed by atoms with Crippen LogP contribution in [-0.2, 0) is 17.8 Å². The summed E-state index contributed by atoms with van der Waals surface area (Å²) in [7, 11) is 0. The highest BCUT2D eigenvalue weighted by atomic mass is 35.5. The van der Waals surface area contributed by atoms with Gasteiger partial charge in [-0.15, -0.1) is 0 Å². The van der Waals surface area contributed by atoms with Crippen molar-refractivity contribution in [1.29, 1.82) is 0 Å². The quantitative estimate of drug-likeness (QED) is 0.504. The second kappa shape index (κ2) is 7.31. The van der Waals surface area contributed by atoms with E-state index in [9.17, 15) is 4.79 Å². The van der Waals surface area contributed by atoms with Gasteiger partial charge < -0.3 is 4.74 Å². The number of ether oxygens (including phenoxy) is 1. The lowest BCUT2D eigenvalue weighted by Gasteiger charge is -2.08. The Balaban J connectivity index is 1.94. The summed E-state index contributed by atoms with van der Waals surface area (Å²) in [5.41, 5.74) is 3.97. The van der Waals surface area contributed by atoms with Crippen molar-refractivity contribution in [3.63, 3.8) is 0 Å². The molecule has 1 amide bonds. The summed E-state index contributed by atoms with van der Waals surface area (Å²) < 4.78 is 5.63. The van der Waals surface area contributed by atoms with Gasteiger partial charge in [-0.1, -0.05) is 47.5 Å². The van der Waals surface area contributed by atoms with Crippen molar-refractivity contribution in [2.24, 2.45) is 5.84 Å². The molecule has 2 aromatic rings. The molecule has 4 nitrogen and oxygen atoms in total. The zero-order valence-electron chi connectivity index (χ0n) is 11.1. The number of amides is 1. The number of hydrogen-bond acceptors (Lipinski definition) is 3. The Morgan fingerprint density at radius 2 is 1.71 bits per heavy atom. The number of nitrogens with one attached hydrogen (secondary N) is 1. The van der Waals surface area contributed by atoms with Crippen molar-refractivity contribution in [2.45, 2.75) is 13.0 Å². The molecule has 0 aliphatic rings.